The Morgan fingerprint density at radius 3 is 2.60 bits per heavy atom. The zero-order valence-electron chi connectivity index (χ0n) is 14.3. The summed E-state index contributed by atoms with van der Waals surface area (Å²) in [5.74, 6) is 1.38. The van der Waals surface area contributed by atoms with E-state index in [-0.39, 0.29) is 4.90 Å². The molecule has 9 heteroatoms. The highest BCUT2D eigenvalue weighted by atomic mass is 35.5. The lowest BCUT2D eigenvalue weighted by Crippen LogP contribution is -2.29. The summed E-state index contributed by atoms with van der Waals surface area (Å²) in [4.78, 5) is 0.161. The molecule has 1 N–H and O–H groups in total. The SMILES string of the molecule is CC=CCSc1nnc([C@@H](C)NS(=O)(=O)c2ccc(Cl)cc2)n1CC. The van der Waals surface area contributed by atoms with Gasteiger partial charge in [0.1, 0.15) is 0 Å². The van der Waals surface area contributed by atoms with Crippen molar-refractivity contribution in [1.82, 2.24) is 19.5 Å². The van der Waals surface area contributed by atoms with E-state index in [2.05, 4.69) is 14.9 Å². The molecule has 1 heterocycles. The lowest BCUT2D eigenvalue weighted by Gasteiger charge is -2.15. The van der Waals surface area contributed by atoms with Crippen LogP contribution in [0.15, 0.2) is 46.5 Å². The molecular formula is C16H21ClN4O2S2. The summed E-state index contributed by atoms with van der Waals surface area (Å²) in [6.07, 6.45) is 4.01. The highest BCUT2D eigenvalue weighted by Crippen LogP contribution is 2.22. The Kier molecular flexibility index (Phi) is 7.06. The Morgan fingerprint density at radius 1 is 1.32 bits per heavy atom. The van der Waals surface area contributed by atoms with Crippen LogP contribution in [0.3, 0.4) is 0 Å². The molecule has 0 spiro atoms. The van der Waals surface area contributed by atoms with Crippen molar-refractivity contribution in [2.45, 2.75) is 43.4 Å². The summed E-state index contributed by atoms with van der Waals surface area (Å²) in [6, 6.07) is 5.53. The molecule has 0 fully saturated rings. The molecule has 0 radical (unpaired) electrons. The van der Waals surface area contributed by atoms with Gasteiger partial charge in [0.2, 0.25) is 10.0 Å². The van der Waals surface area contributed by atoms with E-state index in [0.717, 1.165) is 10.9 Å². The minimum atomic E-state index is -3.67. The van der Waals surface area contributed by atoms with Gasteiger partial charge in [-0.25, -0.2) is 13.1 Å². The van der Waals surface area contributed by atoms with Gasteiger partial charge in [-0.1, -0.05) is 35.5 Å². The Labute approximate surface area is 157 Å². The first-order valence-corrected chi connectivity index (χ1v) is 10.7. The zero-order chi connectivity index (χ0) is 18.4. The number of nitrogens with one attached hydrogen (secondary N) is 1. The Hall–Kier alpha value is -1.35. The number of nitrogens with zero attached hydrogens (tertiary/aromatic N) is 3. The third-order valence-electron chi connectivity index (χ3n) is 3.45. The fourth-order valence-electron chi connectivity index (χ4n) is 2.21. The van der Waals surface area contributed by atoms with Gasteiger partial charge in [0.15, 0.2) is 11.0 Å². The Balaban J connectivity index is 2.19. The van der Waals surface area contributed by atoms with Gasteiger partial charge >= 0.3 is 0 Å². The zero-order valence-corrected chi connectivity index (χ0v) is 16.7. The number of aromatic nitrogens is 3. The fraction of sp³-hybridized carbons (Fsp3) is 0.375. The molecule has 0 unspecified atom stereocenters. The molecule has 0 saturated heterocycles. The molecule has 0 aliphatic heterocycles. The molecule has 2 aromatic rings. The number of sulfonamides is 1. The lowest BCUT2D eigenvalue weighted by molar-refractivity contribution is 0.539. The first-order chi connectivity index (χ1) is 11.9. The van der Waals surface area contributed by atoms with E-state index in [1.165, 1.54) is 12.1 Å². The predicted molar refractivity (Wildman–Crippen MR) is 101 cm³/mol. The van der Waals surface area contributed by atoms with E-state index in [1.807, 2.05) is 30.6 Å². The van der Waals surface area contributed by atoms with E-state index >= 15 is 0 Å². The summed E-state index contributed by atoms with van der Waals surface area (Å²) < 4.78 is 29.6. The second kappa shape index (κ2) is 8.84. The molecule has 25 heavy (non-hydrogen) atoms. The van der Waals surface area contributed by atoms with Crippen molar-refractivity contribution >= 4 is 33.4 Å². The Bertz CT molecular complexity index is 832. The smallest absolute Gasteiger partial charge is 0.241 e. The van der Waals surface area contributed by atoms with Crippen LogP contribution in [0.5, 0.6) is 0 Å². The third kappa shape index (κ3) is 5.07. The molecule has 1 aromatic heterocycles. The summed E-state index contributed by atoms with van der Waals surface area (Å²) in [6.45, 7) is 6.36. The molecule has 136 valence electrons. The molecule has 6 nitrogen and oxygen atoms in total. The van der Waals surface area contributed by atoms with Crippen LogP contribution in [0.1, 0.15) is 32.6 Å². The first-order valence-electron chi connectivity index (χ1n) is 7.84. The number of benzene rings is 1. The van der Waals surface area contributed by atoms with E-state index in [4.69, 9.17) is 11.6 Å². The standard InChI is InChI=1S/C16H21ClN4O2S2/c1-4-6-11-24-16-19-18-15(21(16)5-2)12(3)20-25(22,23)14-9-7-13(17)8-10-14/h4,6-10,12,20H,5,11H2,1-3H3/t12-/m1/s1. The number of allylic oxidation sites excluding steroid dienone is 1. The van der Waals surface area contributed by atoms with E-state index in [9.17, 15) is 8.42 Å². The van der Waals surface area contributed by atoms with Crippen LogP contribution in [-0.4, -0.2) is 28.9 Å². The van der Waals surface area contributed by atoms with Crippen molar-refractivity contribution in [2.75, 3.05) is 5.75 Å². The fourth-order valence-corrected chi connectivity index (χ4v) is 4.45. The largest absolute Gasteiger partial charge is 0.305 e. The van der Waals surface area contributed by atoms with Crippen LogP contribution >= 0.6 is 23.4 Å². The maximum absolute atomic E-state index is 12.5. The van der Waals surface area contributed by atoms with Gasteiger partial charge in [-0.15, -0.1) is 10.2 Å². The van der Waals surface area contributed by atoms with Crippen LogP contribution in [0, 0.1) is 0 Å². The second-order valence-corrected chi connectivity index (χ2v) is 8.40. The van der Waals surface area contributed by atoms with Crippen molar-refractivity contribution in [3.8, 4) is 0 Å². The van der Waals surface area contributed by atoms with Gasteiger partial charge in [-0.3, -0.25) is 0 Å². The van der Waals surface area contributed by atoms with Gasteiger partial charge in [0, 0.05) is 17.3 Å². The topological polar surface area (TPSA) is 76.9 Å². The quantitative estimate of drug-likeness (QED) is 0.540. The highest BCUT2D eigenvalue weighted by Gasteiger charge is 2.23. The molecule has 0 aliphatic carbocycles. The predicted octanol–water partition coefficient (Wildman–Crippen LogP) is 3.66. The van der Waals surface area contributed by atoms with Gasteiger partial charge in [-0.2, -0.15) is 0 Å². The molecule has 0 amide bonds. The van der Waals surface area contributed by atoms with Crippen LogP contribution in [0.25, 0.3) is 0 Å². The maximum Gasteiger partial charge on any atom is 0.241 e. The molecule has 1 atom stereocenters. The first kappa shape index (κ1) is 20.0. The summed E-state index contributed by atoms with van der Waals surface area (Å²) in [5, 5.41) is 9.62. The molecular weight excluding hydrogens is 380 g/mol. The average Bonchev–Trinajstić information content (AvgIpc) is 2.98. The van der Waals surface area contributed by atoms with Crippen molar-refractivity contribution in [3.63, 3.8) is 0 Å². The van der Waals surface area contributed by atoms with E-state index in [0.29, 0.717) is 17.4 Å². The van der Waals surface area contributed by atoms with Crippen LogP contribution in [0.4, 0.5) is 0 Å². The minimum absolute atomic E-state index is 0.161. The van der Waals surface area contributed by atoms with Crippen molar-refractivity contribution in [2.24, 2.45) is 0 Å². The highest BCUT2D eigenvalue weighted by molar-refractivity contribution is 7.99. The molecule has 2 rings (SSSR count). The van der Waals surface area contributed by atoms with Crippen LogP contribution in [0.2, 0.25) is 5.02 Å². The average molecular weight is 401 g/mol. The van der Waals surface area contributed by atoms with Crippen LogP contribution in [-0.2, 0) is 16.6 Å². The second-order valence-electron chi connectivity index (χ2n) is 5.26. The van der Waals surface area contributed by atoms with Crippen molar-refractivity contribution in [1.29, 1.82) is 0 Å². The Morgan fingerprint density at radius 2 is 2.00 bits per heavy atom. The lowest BCUT2D eigenvalue weighted by atomic mass is 10.3. The number of hydrogen-bond donors (Lipinski definition) is 1. The summed E-state index contributed by atoms with van der Waals surface area (Å²) in [5.41, 5.74) is 0. The normalized spacial score (nSPS) is 13.4. The number of rotatable bonds is 8. The molecule has 0 saturated carbocycles. The summed E-state index contributed by atoms with van der Waals surface area (Å²) >= 11 is 7.37. The monoisotopic (exact) mass is 400 g/mol. The van der Waals surface area contributed by atoms with Gasteiger partial charge < -0.3 is 4.57 Å². The minimum Gasteiger partial charge on any atom is -0.305 e. The van der Waals surface area contributed by atoms with Crippen LogP contribution < -0.4 is 4.72 Å². The van der Waals surface area contributed by atoms with Crippen molar-refractivity contribution in [3.05, 3.63) is 47.3 Å². The van der Waals surface area contributed by atoms with Crippen molar-refractivity contribution < 1.29 is 8.42 Å². The van der Waals surface area contributed by atoms with Gasteiger partial charge in [-0.05, 0) is 45.0 Å². The van der Waals surface area contributed by atoms with E-state index in [1.54, 1.807) is 30.8 Å². The number of hydrogen-bond acceptors (Lipinski definition) is 5. The number of halogens is 1. The van der Waals surface area contributed by atoms with Gasteiger partial charge in [0.25, 0.3) is 0 Å². The molecule has 1 aromatic carbocycles. The maximum atomic E-state index is 12.5. The summed E-state index contributed by atoms with van der Waals surface area (Å²) in [7, 11) is -3.67. The van der Waals surface area contributed by atoms with Gasteiger partial charge in [0.05, 0.1) is 10.9 Å². The van der Waals surface area contributed by atoms with E-state index < -0.39 is 16.1 Å². The number of thioether (sulfide) groups is 1. The third-order valence-corrected chi connectivity index (χ3v) is 6.18. The molecule has 0 aliphatic rings. The molecule has 0 bridgehead atoms.